The van der Waals surface area contributed by atoms with Crippen LogP contribution in [0.3, 0.4) is 0 Å². The minimum absolute atomic E-state index is 0.0181. The van der Waals surface area contributed by atoms with Gasteiger partial charge in [0, 0.05) is 32.7 Å². The third-order valence-corrected chi connectivity index (χ3v) is 5.22. The average Bonchev–Trinajstić information content (AvgIpc) is 2.78. The fourth-order valence-corrected chi connectivity index (χ4v) is 3.50. The lowest BCUT2D eigenvalue weighted by Crippen LogP contribution is -2.38. The molecule has 5 nitrogen and oxygen atoms in total. The van der Waals surface area contributed by atoms with Gasteiger partial charge in [-0.3, -0.25) is 9.79 Å². The van der Waals surface area contributed by atoms with E-state index in [-0.39, 0.29) is 11.9 Å². The van der Waals surface area contributed by atoms with Gasteiger partial charge in [0.1, 0.15) is 0 Å². The summed E-state index contributed by atoms with van der Waals surface area (Å²) in [6.07, 6.45) is 0.773. The van der Waals surface area contributed by atoms with Gasteiger partial charge in [-0.25, -0.2) is 0 Å². The van der Waals surface area contributed by atoms with E-state index in [9.17, 15) is 4.79 Å². The standard InChI is InChI=1S/C26H32N4O/c1-5-27-26(28-16-15-20-9-8-12-24(17-20)25(31)30(3)4)29-19(2)22-14-13-21-10-6-7-11-23(21)18-22/h6-14,17-19H,5,15-16H2,1-4H3,(H2,27,28,29). The first kappa shape index (κ1) is 22.3. The van der Waals surface area contributed by atoms with E-state index in [1.54, 1.807) is 19.0 Å². The van der Waals surface area contributed by atoms with E-state index < -0.39 is 0 Å². The lowest BCUT2D eigenvalue weighted by Gasteiger charge is -2.19. The fraction of sp³-hybridized carbons (Fsp3) is 0.308. The first-order chi connectivity index (χ1) is 15.0. The van der Waals surface area contributed by atoms with Gasteiger partial charge >= 0.3 is 0 Å². The molecule has 1 amide bonds. The van der Waals surface area contributed by atoms with Crippen molar-refractivity contribution in [2.75, 3.05) is 27.2 Å². The Morgan fingerprint density at radius 1 is 1.00 bits per heavy atom. The maximum Gasteiger partial charge on any atom is 0.253 e. The Morgan fingerprint density at radius 2 is 1.77 bits per heavy atom. The van der Waals surface area contributed by atoms with Crippen LogP contribution in [-0.4, -0.2) is 44.0 Å². The molecule has 0 aliphatic rings. The lowest BCUT2D eigenvalue weighted by molar-refractivity contribution is 0.0827. The third-order valence-electron chi connectivity index (χ3n) is 5.22. The highest BCUT2D eigenvalue weighted by Crippen LogP contribution is 2.20. The van der Waals surface area contributed by atoms with Gasteiger partial charge in [-0.1, -0.05) is 48.5 Å². The molecule has 31 heavy (non-hydrogen) atoms. The van der Waals surface area contributed by atoms with Crippen molar-refractivity contribution in [1.29, 1.82) is 0 Å². The Morgan fingerprint density at radius 3 is 2.52 bits per heavy atom. The molecule has 0 aliphatic carbocycles. The second kappa shape index (κ2) is 10.6. The normalized spacial score (nSPS) is 12.5. The van der Waals surface area contributed by atoms with E-state index in [1.807, 2.05) is 24.3 Å². The Bertz CT molecular complexity index is 1060. The van der Waals surface area contributed by atoms with Crippen molar-refractivity contribution in [3.8, 4) is 0 Å². The molecule has 2 N–H and O–H groups in total. The van der Waals surface area contributed by atoms with Crippen molar-refractivity contribution >= 4 is 22.6 Å². The number of benzene rings is 3. The molecular formula is C26H32N4O. The fourth-order valence-electron chi connectivity index (χ4n) is 3.50. The van der Waals surface area contributed by atoms with Crippen LogP contribution in [0.15, 0.2) is 71.7 Å². The summed E-state index contributed by atoms with van der Waals surface area (Å²) in [5.41, 5.74) is 3.04. The van der Waals surface area contributed by atoms with Gasteiger partial charge < -0.3 is 15.5 Å². The van der Waals surface area contributed by atoms with Crippen molar-refractivity contribution in [1.82, 2.24) is 15.5 Å². The van der Waals surface area contributed by atoms with E-state index in [4.69, 9.17) is 4.99 Å². The highest BCUT2D eigenvalue weighted by atomic mass is 16.2. The van der Waals surface area contributed by atoms with E-state index in [2.05, 4.69) is 66.9 Å². The monoisotopic (exact) mass is 416 g/mol. The summed E-state index contributed by atoms with van der Waals surface area (Å²) in [6.45, 7) is 5.64. The molecule has 5 heteroatoms. The predicted molar refractivity (Wildman–Crippen MR) is 130 cm³/mol. The predicted octanol–water partition coefficient (Wildman–Crippen LogP) is 4.40. The summed E-state index contributed by atoms with van der Waals surface area (Å²) in [7, 11) is 3.54. The highest BCUT2D eigenvalue weighted by Gasteiger charge is 2.10. The molecule has 3 rings (SSSR count). The number of hydrogen-bond acceptors (Lipinski definition) is 2. The number of nitrogens with zero attached hydrogens (tertiary/aromatic N) is 2. The van der Waals surface area contributed by atoms with E-state index >= 15 is 0 Å². The highest BCUT2D eigenvalue weighted by molar-refractivity contribution is 5.94. The largest absolute Gasteiger partial charge is 0.357 e. The molecule has 0 radical (unpaired) electrons. The number of guanidine groups is 1. The SMILES string of the molecule is CCNC(=NCCc1cccc(C(=O)N(C)C)c1)NC(C)c1ccc2ccccc2c1. The summed E-state index contributed by atoms with van der Waals surface area (Å²) in [5.74, 6) is 0.813. The zero-order chi connectivity index (χ0) is 22.2. The minimum Gasteiger partial charge on any atom is -0.357 e. The molecule has 162 valence electrons. The van der Waals surface area contributed by atoms with E-state index in [0.29, 0.717) is 12.1 Å². The quantitative estimate of drug-likeness (QED) is 0.443. The van der Waals surface area contributed by atoms with Crippen LogP contribution in [0.25, 0.3) is 10.8 Å². The molecule has 0 heterocycles. The Labute approximate surface area is 185 Å². The molecule has 1 unspecified atom stereocenters. The van der Waals surface area contributed by atoms with Crippen molar-refractivity contribution in [3.63, 3.8) is 0 Å². The van der Waals surface area contributed by atoms with Crippen LogP contribution in [0.2, 0.25) is 0 Å². The van der Waals surface area contributed by atoms with Gasteiger partial charge in [-0.15, -0.1) is 0 Å². The van der Waals surface area contributed by atoms with Crippen LogP contribution in [0.1, 0.15) is 41.4 Å². The smallest absolute Gasteiger partial charge is 0.253 e. The molecule has 0 aliphatic heterocycles. The Balaban J connectivity index is 1.65. The lowest BCUT2D eigenvalue weighted by atomic mass is 10.0. The molecule has 0 spiro atoms. The second-order valence-corrected chi connectivity index (χ2v) is 7.88. The molecule has 0 saturated heterocycles. The summed E-state index contributed by atoms with van der Waals surface area (Å²) in [6, 6.07) is 22.9. The van der Waals surface area contributed by atoms with E-state index in [1.165, 1.54) is 16.3 Å². The number of nitrogens with one attached hydrogen (secondary N) is 2. The van der Waals surface area contributed by atoms with Gasteiger partial charge in [0.15, 0.2) is 5.96 Å². The molecule has 1 atom stereocenters. The molecule has 0 aromatic heterocycles. The second-order valence-electron chi connectivity index (χ2n) is 7.88. The van der Waals surface area contributed by atoms with Crippen molar-refractivity contribution in [2.24, 2.45) is 4.99 Å². The zero-order valence-electron chi connectivity index (χ0n) is 18.9. The van der Waals surface area contributed by atoms with Gasteiger partial charge in [-0.2, -0.15) is 0 Å². The van der Waals surface area contributed by atoms with Crippen LogP contribution in [0, 0.1) is 0 Å². The molecule has 3 aromatic carbocycles. The van der Waals surface area contributed by atoms with Gasteiger partial charge in [0.05, 0.1) is 6.04 Å². The van der Waals surface area contributed by atoms with Gasteiger partial charge in [0.25, 0.3) is 5.91 Å². The minimum atomic E-state index is 0.0181. The molecule has 0 bridgehead atoms. The Hall–Kier alpha value is -3.34. The van der Waals surface area contributed by atoms with Gasteiger partial charge in [0.2, 0.25) is 0 Å². The van der Waals surface area contributed by atoms with Crippen LogP contribution in [-0.2, 0) is 6.42 Å². The third kappa shape index (κ3) is 6.07. The number of carbonyl (C=O) groups excluding carboxylic acids is 1. The maximum atomic E-state index is 12.2. The summed E-state index contributed by atoms with van der Waals surface area (Å²) in [5, 5.41) is 9.32. The van der Waals surface area contributed by atoms with Crippen molar-refractivity contribution < 1.29 is 4.79 Å². The van der Waals surface area contributed by atoms with Crippen LogP contribution in [0.5, 0.6) is 0 Å². The number of hydrogen-bond donors (Lipinski definition) is 2. The topological polar surface area (TPSA) is 56.7 Å². The molecule has 3 aromatic rings. The Kier molecular flexibility index (Phi) is 7.65. The number of aliphatic imine (C=N–C) groups is 1. The van der Waals surface area contributed by atoms with Gasteiger partial charge in [-0.05, 0) is 60.4 Å². The number of fused-ring (bicyclic) bond motifs is 1. The van der Waals surface area contributed by atoms with E-state index in [0.717, 1.165) is 24.5 Å². The summed E-state index contributed by atoms with van der Waals surface area (Å²) < 4.78 is 0. The zero-order valence-corrected chi connectivity index (χ0v) is 18.9. The van der Waals surface area contributed by atoms with Crippen LogP contribution < -0.4 is 10.6 Å². The number of rotatable bonds is 7. The first-order valence-electron chi connectivity index (χ1n) is 10.8. The van der Waals surface area contributed by atoms with Crippen molar-refractivity contribution in [2.45, 2.75) is 26.3 Å². The maximum absolute atomic E-state index is 12.2. The number of amides is 1. The summed E-state index contributed by atoms with van der Waals surface area (Å²) in [4.78, 5) is 18.5. The van der Waals surface area contributed by atoms with Crippen LogP contribution >= 0.6 is 0 Å². The molecule has 0 saturated carbocycles. The molecular weight excluding hydrogens is 384 g/mol. The van der Waals surface area contributed by atoms with Crippen molar-refractivity contribution in [3.05, 3.63) is 83.4 Å². The number of carbonyl (C=O) groups is 1. The summed E-state index contributed by atoms with van der Waals surface area (Å²) >= 11 is 0. The van der Waals surface area contributed by atoms with Crippen LogP contribution in [0.4, 0.5) is 0 Å². The molecule has 0 fully saturated rings. The first-order valence-corrected chi connectivity index (χ1v) is 10.8. The average molecular weight is 417 g/mol.